The summed E-state index contributed by atoms with van der Waals surface area (Å²) in [6, 6.07) is 14.9. The average Bonchev–Trinajstić information content (AvgIpc) is 3.02. The van der Waals surface area contributed by atoms with Crippen LogP contribution in [0.1, 0.15) is 16.0 Å². The first-order chi connectivity index (χ1) is 10.7. The van der Waals surface area contributed by atoms with Crippen molar-refractivity contribution in [1.82, 2.24) is 4.98 Å². The van der Waals surface area contributed by atoms with Gasteiger partial charge in [-0.2, -0.15) is 0 Å². The monoisotopic (exact) mass is 312 g/mol. The maximum Gasteiger partial charge on any atom is 0.132 e. The van der Waals surface area contributed by atoms with Gasteiger partial charge in [0.2, 0.25) is 0 Å². The molecule has 0 unspecified atom stereocenters. The molecule has 0 fully saturated rings. The van der Waals surface area contributed by atoms with Gasteiger partial charge in [0.15, 0.2) is 0 Å². The predicted molar refractivity (Wildman–Crippen MR) is 89.6 cm³/mol. The molecule has 3 rings (SSSR count). The molecule has 0 bridgehead atoms. The number of aryl methyl sites for hydroxylation is 1. The Morgan fingerprint density at radius 3 is 2.55 bits per heavy atom. The molecule has 0 amide bonds. The molecular formula is C18H17FN2S. The van der Waals surface area contributed by atoms with Gasteiger partial charge in [-0.25, -0.2) is 9.37 Å². The number of pyridine rings is 1. The number of rotatable bonds is 5. The lowest BCUT2D eigenvalue weighted by atomic mass is 10.2. The lowest BCUT2D eigenvalue weighted by Crippen LogP contribution is -2.23. The minimum atomic E-state index is -0.206. The fraction of sp³-hybridized carbons (Fsp3) is 0.167. The number of anilines is 1. The fourth-order valence-electron chi connectivity index (χ4n) is 2.41. The summed E-state index contributed by atoms with van der Waals surface area (Å²) < 4.78 is 13.1. The highest BCUT2D eigenvalue weighted by atomic mass is 32.1. The first-order valence-electron chi connectivity index (χ1n) is 7.16. The van der Waals surface area contributed by atoms with Crippen molar-refractivity contribution >= 4 is 17.2 Å². The van der Waals surface area contributed by atoms with Crippen molar-refractivity contribution in [2.75, 3.05) is 4.90 Å². The number of halogens is 1. The van der Waals surface area contributed by atoms with Gasteiger partial charge in [0, 0.05) is 17.6 Å². The molecule has 3 aromatic rings. The van der Waals surface area contributed by atoms with E-state index in [1.165, 1.54) is 17.0 Å². The molecule has 22 heavy (non-hydrogen) atoms. The maximum atomic E-state index is 13.1. The molecule has 112 valence electrons. The Morgan fingerprint density at radius 1 is 1.05 bits per heavy atom. The highest BCUT2D eigenvalue weighted by Gasteiger charge is 2.12. The van der Waals surface area contributed by atoms with Gasteiger partial charge in [-0.05, 0) is 47.7 Å². The van der Waals surface area contributed by atoms with Crippen LogP contribution in [-0.2, 0) is 13.1 Å². The number of benzene rings is 1. The SMILES string of the molecule is Cc1cccnc1N(Cc1ccc(F)cc1)Cc1cccs1. The zero-order chi connectivity index (χ0) is 15.4. The lowest BCUT2D eigenvalue weighted by Gasteiger charge is -2.25. The summed E-state index contributed by atoms with van der Waals surface area (Å²) in [5.74, 6) is 0.766. The Hall–Kier alpha value is -2.20. The molecule has 0 radical (unpaired) electrons. The molecule has 0 spiro atoms. The lowest BCUT2D eigenvalue weighted by molar-refractivity contribution is 0.626. The average molecular weight is 312 g/mol. The largest absolute Gasteiger partial charge is 0.347 e. The van der Waals surface area contributed by atoms with Crippen LogP contribution in [0.4, 0.5) is 10.2 Å². The van der Waals surface area contributed by atoms with Gasteiger partial charge in [0.1, 0.15) is 11.6 Å². The van der Waals surface area contributed by atoms with Gasteiger partial charge >= 0.3 is 0 Å². The van der Waals surface area contributed by atoms with E-state index in [1.807, 2.05) is 24.4 Å². The van der Waals surface area contributed by atoms with Crippen molar-refractivity contribution in [3.63, 3.8) is 0 Å². The Bertz CT molecular complexity index is 723. The third-order valence-electron chi connectivity index (χ3n) is 3.49. The molecule has 2 heterocycles. The first kappa shape index (κ1) is 14.7. The normalized spacial score (nSPS) is 10.6. The summed E-state index contributed by atoms with van der Waals surface area (Å²) in [7, 11) is 0. The second kappa shape index (κ2) is 6.71. The zero-order valence-electron chi connectivity index (χ0n) is 12.4. The van der Waals surface area contributed by atoms with Crippen molar-refractivity contribution in [3.05, 3.63) is 81.9 Å². The van der Waals surface area contributed by atoms with Crippen LogP contribution < -0.4 is 4.90 Å². The number of hydrogen-bond donors (Lipinski definition) is 0. The quantitative estimate of drug-likeness (QED) is 0.673. The van der Waals surface area contributed by atoms with E-state index in [9.17, 15) is 4.39 Å². The zero-order valence-corrected chi connectivity index (χ0v) is 13.2. The van der Waals surface area contributed by atoms with E-state index in [-0.39, 0.29) is 5.82 Å². The van der Waals surface area contributed by atoms with E-state index in [2.05, 4.69) is 40.4 Å². The highest BCUT2D eigenvalue weighted by Crippen LogP contribution is 2.23. The molecule has 1 aromatic carbocycles. The van der Waals surface area contributed by atoms with E-state index in [4.69, 9.17) is 0 Å². The second-order valence-corrected chi connectivity index (χ2v) is 6.24. The van der Waals surface area contributed by atoms with Crippen LogP contribution in [0.5, 0.6) is 0 Å². The predicted octanol–water partition coefficient (Wildman–Crippen LogP) is 4.80. The molecule has 0 saturated carbocycles. The van der Waals surface area contributed by atoms with E-state index in [0.29, 0.717) is 6.54 Å². The van der Waals surface area contributed by atoms with Crippen LogP contribution in [0.3, 0.4) is 0 Å². The standard InChI is InChI=1S/C18H17FN2S/c1-14-4-2-10-20-18(14)21(13-17-5-3-11-22-17)12-15-6-8-16(19)9-7-15/h2-11H,12-13H2,1H3. The smallest absolute Gasteiger partial charge is 0.132 e. The number of nitrogens with zero attached hydrogens (tertiary/aromatic N) is 2. The Morgan fingerprint density at radius 2 is 1.86 bits per heavy atom. The number of aromatic nitrogens is 1. The van der Waals surface area contributed by atoms with Gasteiger partial charge in [0.05, 0.1) is 6.54 Å². The van der Waals surface area contributed by atoms with Crippen LogP contribution in [0.25, 0.3) is 0 Å². The first-order valence-corrected chi connectivity index (χ1v) is 8.04. The van der Waals surface area contributed by atoms with Crippen molar-refractivity contribution < 1.29 is 4.39 Å². The Balaban J connectivity index is 1.88. The molecule has 0 atom stereocenters. The Labute approximate surface area is 133 Å². The van der Waals surface area contributed by atoms with Crippen molar-refractivity contribution in [2.45, 2.75) is 20.0 Å². The highest BCUT2D eigenvalue weighted by molar-refractivity contribution is 7.09. The topological polar surface area (TPSA) is 16.1 Å². The molecule has 2 aromatic heterocycles. The summed E-state index contributed by atoms with van der Waals surface area (Å²) >= 11 is 1.74. The van der Waals surface area contributed by atoms with E-state index in [0.717, 1.165) is 23.5 Å². The maximum absolute atomic E-state index is 13.1. The minimum Gasteiger partial charge on any atom is -0.347 e. The summed E-state index contributed by atoms with van der Waals surface area (Å²) in [5, 5.41) is 2.08. The number of hydrogen-bond acceptors (Lipinski definition) is 3. The summed E-state index contributed by atoms with van der Waals surface area (Å²) in [6.45, 7) is 3.57. The summed E-state index contributed by atoms with van der Waals surface area (Å²) in [6.07, 6.45) is 1.81. The van der Waals surface area contributed by atoms with Crippen LogP contribution in [-0.4, -0.2) is 4.98 Å². The molecule has 0 N–H and O–H groups in total. The third-order valence-corrected chi connectivity index (χ3v) is 4.36. The number of thiophene rings is 1. The summed E-state index contributed by atoms with van der Waals surface area (Å²) in [5.41, 5.74) is 2.21. The van der Waals surface area contributed by atoms with Gasteiger partial charge in [0.25, 0.3) is 0 Å². The van der Waals surface area contributed by atoms with Crippen LogP contribution in [0.2, 0.25) is 0 Å². The van der Waals surface area contributed by atoms with E-state index < -0.39 is 0 Å². The van der Waals surface area contributed by atoms with Crippen LogP contribution >= 0.6 is 11.3 Å². The van der Waals surface area contributed by atoms with Crippen LogP contribution in [0, 0.1) is 12.7 Å². The van der Waals surface area contributed by atoms with Crippen molar-refractivity contribution in [1.29, 1.82) is 0 Å². The molecule has 0 saturated heterocycles. The molecular weight excluding hydrogens is 295 g/mol. The van der Waals surface area contributed by atoms with Gasteiger partial charge < -0.3 is 4.90 Å². The van der Waals surface area contributed by atoms with E-state index >= 15 is 0 Å². The summed E-state index contributed by atoms with van der Waals surface area (Å²) in [4.78, 5) is 8.04. The molecule has 0 aliphatic heterocycles. The van der Waals surface area contributed by atoms with Gasteiger partial charge in [-0.3, -0.25) is 0 Å². The fourth-order valence-corrected chi connectivity index (χ4v) is 3.13. The molecule has 0 aliphatic carbocycles. The molecule has 0 aliphatic rings. The Kier molecular flexibility index (Phi) is 4.49. The molecule has 2 nitrogen and oxygen atoms in total. The van der Waals surface area contributed by atoms with Crippen LogP contribution in [0.15, 0.2) is 60.1 Å². The third kappa shape index (κ3) is 3.52. The van der Waals surface area contributed by atoms with Crippen molar-refractivity contribution in [2.24, 2.45) is 0 Å². The van der Waals surface area contributed by atoms with Gasteiger partial charge in [-0.1, -0.05) is 24.3 Å². The second-order valence-electron chi connectivity index (χ2n) is 5.21. The van der Waals surface area contributed by atoms with E-state index in [1.54, 1.807) is 11.3 Å². The van der Waals surface area contributed by atoms with Crippen molar-refractivity contribution in [3.8, 4) is 0 Å². The molecule has 4 heteroatoms. The minimum absolute atomic E-state index is 0.206. The van der Waals surface area contributed by atoms with Gasteiger partial charge in [-0.15, -0.1) is 11.3 Å².